The highest BCUT2D eigenvalue weighted by atomic mass is 79.9. The van der Waals surface area contributed by atoms with E-state index in [1.807, 2.05) is 31.2 Å². The second-order valence-electron chi connectivity index (χ2n) is 4.48. The standard InChI is InChI=1S/C15H14Br2N2O/c1-9(10-3-2-4-11(16)7-10)19-15(20)13-6-5-12(17)8-14(13)18/h2-9H,18H2,1H3,(H,19,20). The van der Waals surface area contributed by atoms with Crippen molar-refractivity contribution in [3.8, 4) is 0 Å². The first-order valence-corrected chi connectivity index (χ1v) is 7.67. The minimum Gasteiger partial charge on any atom is -0.398 e. The molecule has 0 aliphatic carbocycles. The van der Waals surface area contributed by atoms with Crippen LogP contribution in [0.3, 0.4) is 0 Å². The molecular formula is C15H14Br2N2O. The summed E-state index contributed by atoms with van der Waals surface area (Å²) in [5, 5.41) is 2.94. The molecule has 0 heterocycles. The van der Waals surface area contributed by atoms with Crippen LogP contribution in [0, 0.1) is 0 Å². The van der Waals surface area contributed by atoms with Crippen LogP contribution in [-0.4, -0.2) is 5.91 Å². The van der Waals surface area contributed by atoms with Crippen LogP contribution >= 0.6 is 31.9 Å². The molecule has 2 aromatic rings. The number of halogens is 2. The SMILES string of the molecule is CC(NC(=O)c1ccc(Br)cc1N)c1cccc(Br)c1. The maximum Gasteiger partial charge on any atom is 0.253 e. The Morgan fingerprint density at radius 3 is 2.50 bits per heavy atom. The molecule has 0 bridgehead atoms. The Kier molecular flexibility index (Phi) is 4.83. The lowest BCUT2D eigenvalue weighted by Gasteiger charge is -2.15. The molecule has 0 saturated carbocycles. The van der Waals surface area contributed by atoms with Crippen LogP contribution in [0.25, 0.3) is 0 Å². The van der Waals surface area contributed by atoms with Crippen molar-refractivity contribution >= 4 is 43.5 Å². The number of nitrogen functional groups attached to an aromatic ring is 1. The van der Waals surface area contributed by atoms with E-state index < -0.39 is 0 Å². The molecule has 1 amide bonds. The fraction of sp³-hybridized carbons (Fsp3) is 0.133. The zero-order chi connectivity index (χ0) is 14.7. The first-order valence-electron chi connectivity index (χ1n) is 6.08. The smallest absolute Gasteiger partial charge is 0.253 e. The van der Waals surface area contributed by atoms with Crippen molar-refractivity contribution in [1.29, 1.82) is 0 Å². The normalized spacial score (nSPS) is 11.9. The number of hydrogen-bond acceptors (Lipinski definition) is 2. The Morgan fingerprint density at radius 1 is 1.15 bits per heavy atom. The van der Waals surface area contributed by atoms with E-state index in [4.69, 9.17) is 5.73 Å². The topological polar surface area (TPSA) is 55.1 Å². The van der Waals surface area contributed by atoms with E-state index in [1.165, 1.54) is 0 Å². The third kappa shape index (κ3) is 3.61. The molecule has 5 heteroatoms. The Morgan fingerprint density at radius 2 is 1.85 bits per heavy atom. The maximum atomic E-state index is 12.2. The average Bonchev–Trinajstić information content (AvgIpc) is 2.38. The van der Waals surface area contributed by atoms with Gasteiger partial charge in [-0.15, -0.1) is 0 Å². The van der Waals surface area contributed by atoms with Crippen molar-refractivity contribution in [3.05, 3.63) is 62.5 Å². The van der Waals surface area contributed by atoms with E-state index in [0.717, 1.165) is 14.5 Å². The lowest BCUT2D eigenvalue weighted by molar-refractivity contribution is 0.0941. The summed E-state index contributed by atoms with van der Waals surface area (Å²) in [6.45, 7) is 1.94. The van der Waals surface area contributed by atoms with Gasteiger partial charge in [0.05, 0.1) is 11.6 Å². The summed E-state index contributed by atoms with van der Waals surface area (Å²) in [5.41, 5.74) is 7.83. The molecule has 3 N–H and O–H groups in total. The number of carbonyl (C=O) groups is 1. The Balaban J connectivity index is 2.15. The molecule has 104 valence electrons. The van der Waals surface area contributed by atoms with Gasteiger partial charge in [-0.2, -0.15) is 0 Å². The lowest BCUT2D eigenvalue weighted by Crippen LogP contribution is -2.27. The number of anilines is 1. The van der Waals surface area contributed by atoms with Crippen LogP contribution in [0.2, 0.25) is 0 Å². The van der Waals surface area contributed by atoms with Crippen LogP contribution in [0.4, 0.5) is 5.69 Å². The van der Waals surface area contributed by atoms with Gasteiger partial charge in [0.15, 0.2) is 0 Å². The summed E-state index contributed by atoms with van der Waals surface area (Å²) < 4.78 is 1.84. The number of nitrogens with one attached hydrogen (secondary N) is 1. The van der Waals surface area contributed by atoms with E-state index in [2.05, 4.69) is 37.2 Å². The molecule has 2 rings (SSSR count). The van der Waals surface area contributed by atoms with Gasteiger partial charge in [0.2, 0.25) is 0 Å². The second kappa shape index (κ2) is 6.41. The van der Waals surface area contributed by atoms with E-state index in [9.17, 15) is 4.79 Å². The quantitative estimate of drug-likeness (QED) is 0.759. The molecule has 0 aliphatic rings. The largest absolute Gasteiger partial charge is 0.398 e. The van der Waals surface area contributed by atoms with Crippen LogP contribution in [0.1, 0.15) is 28.9 Å². The third-order valence-corrected chi connectivity index (χ3v) is 3.94. The number of benzene rings is 2. The first-order chi connectivity index (χ1) is 9.47. The van der Waals surface area contributed by atoms with Crippen molar-refractivity contribution in [1.82, 2.24) is 5.32 Å². The molecule has 0 radical (unpaired) electrons. The Bertz CT molecular complexity index is 644. The van der Waals surface area contributed by atoms with Gasteiger partial charge in [-0.1, -0.05) is 44.0 Å². The van der Waals surface area contributed by atoms with Gasteiger partial charge in [-0.05, 0) is 42.8 Å². The molecule has 0 saturated heterocycles. The number of carbonyl (C=O) groups excluding carboxylic acids is 1. The van der Waals surface area contributed by atoms with Gasteiger partial charge in [0.25, 0.3) is 5.91 Å². The summed E-state index contributed by atoms with van der Waals surface area (Å²) in [5.74, 6) is -0.178. The molecule has 0 fully saturated rings. The van der Waals surface area contributed by atoms with Gasteiger partial charge >= 0.3 is 0 Å². The predicted molar refractivity (Wildman–Crippen MR) is 88.6 cm³/mol. The van der Waals surface area contributed by atoms with Crippen LogP contribution in [-0.2, 0) is 0 Å². The molecule has 2 aromatic carbocycles. The molecule has 1 unspecified atom stereocenters. The predicted octanol–water partition coefficient (Wildman–Crippen LogP) is 4.28. The Hall–Kier alpha value is -1.33. The van der Waals surface area contributed by atoms with Crippen molar-refractivity contribution in [2.24, 2.45) is 0 Å². The molecule has 1 atom stereocenters. The van der Waals surface area contributed by atoms with E-state index in [0.29, 0.717) is 11.3 Å². The molecular weight excluding hydrogens is 384 g/mol. The van der Waals surface area contributed by atoms with Gasteiger partial charge in [0, 0.05) is 14.6 Å². The monoisotopic (exact) mass is 396 g/mol. The van der Waals surface area contributed by atoms with Crippen LogP contribution < -0.4 is 11.1 Å². The number of nitrogens with two attached hydrogens (primary N) is 1. The molecule has 0 aliphatic heterocycles. The minimum absolute atomic E-state index is 0.0944. The Labute approximate surface area is 134 Å². The fourth-order valence-corrected chi connectivity index (χ4v) is 2.67. The van der Waals surface area contributed by atoms with Gasteiger partial charge in [-0.25, -0.2) is 0 Å². The van der Waals surface area contributed by atoms with Gasteiger partial charge in [0.1, 0.15) is 0 Å². The number of amides is 1. The zero-order valence-corrected chi connectivity index (χ0v) is 14.0. The molecule has 0 aromatic heterocycles. The third-order valence-electron chi connectivity index (χ3n) is 2.95. The summed E-state index contributed by atoms with van der Waals surface area (Å²) in [6.07, 6.45) is 0. The number of hydrogen-bond donors (Lipinski definition) is 2. The van der Waals surface area contributed by atoms with Crippen molar-refractivity contribution < 1.29 is 4.79 Å². The van der Waals surface area contributed by atoms with Crippen LogP contribution in [0.5, 0.6) is 0 Å². The van der Waals surface area contributed by atoms with Crippen LogP contribution in [0.15, 0.2) is 51.4 Å². The van der Waals surface area contributed by atoms with Gasteiger partial charge in [-0.3, -0.25) is 4.79 Å². The van der Waals surface area contributed by atoms with Crippen molar-refractivity contribution in [2.45, 2.75) is 13.0 Å². The van der Waals surface area contributed by atoms with E-state index in [-0.39, 0.29) is 11.9 Å². The van der Waals surface area contributed by atoms with Crippen molar-refractivity contribution in [2.75, 3.05) is 5.73 Å². The zero-order valence-electron chi connectivity index (χ0n) is 10.9. The van der Waals surface area contributed by atoms with Gasteiger partial charge < -0.3 is 11.1 Å². The first kappa shape index (κ1) is 15.1. The highest BCUT2D eigenvalue weighted by molar-refractivity contribution is 9.10. The molecule has 3 nitrogen and oxygen atoms in total. The second-order valence-corrected chi connectivity index (χ2v) is 6.31. The summed E-state index contributed by atoms with van der Waals surface area (Å²) >= 11 is 6.75. The molecule has 20 heavy (non-hydrogen) atoms. The number of rotatable bonds is 3. The highest BCUT2D eigenvalue weighted by Gasteiger charge is 2.14. The molecule has 0 spiro atoms. The fourth-order valence-electron chi connectivity index (χ4n) is 1.87. The lowest BCUT2D eigenvalue weighted by atomic mass is 10.1. The summed E-state index contributed by atoms with van der Waals surface area (Å²) in [4.78, 5) is 12.2. The van der Waals surface area contributed by atoms with E-state index in [1.54, 1.807) is 18.2 Å². The summed E-state index contributed by atoms with van der Waals surface area (Å²) in [6, 6.07) is 13.0. The minimum atomic E-state index is -0.178. The summed E-state index contributed by atoms with van der Waals surface area (Å²) in [7, 11) is 0. The van der Waals surface area contributed by atoms with E-state index >= 15 is 0 Å². The highest BCUT2D eigenvalue weighted by Crippen LogP contribution is 2.21. The van der Waals surface area contributed by atoms with Crippen molar-refractivity contribution in [3.63, 3.8) is 0 Å². The maximum absolute atomic E-state index is 12.2. The average molecular weight is 398 g/mol.